The molecule has 1 aromatic rings. The smallest absolute Gasteiger partial charge is 0.225 e. The zero-order chi connectivity index (χ0) is 12.0. The van der Waals surface area contributed by atoms with Crippen LogP contribution in [0.4, 0.5) is 5.82 Å². The second-order valence-electron chi connectivity index (χ2n) is 4.09. The van der Waals surface area contributed by atoms with Crippen molar-refractivity contribution in [3.63, 3.8) is 0 Å². The quantitative estimate of drug-likeness (QED) is 0.644. The average Bonchev–Trinajstić information content (AvgIpc) is 2.66. The molecule has 90 valence electrons. The Morgan fingerprint density at radius 2 is 2.31 bits per heavy atom. The van der Waals surface area contributed by atoms with Gasteiger partial charge < -0.3 is 10.4 Å². The lowest BCUT2D eigenvalue weighted by molar-refractivity contribution is -0.116. The number of aliphatic hydroxyl groups excluding tert-OH is 1. The van der Waals surface area contributed by atoms with Gasteiger partial charge in [0.2, 0.25) is 5.91 Å². The Kier molecular flexibility index (Phi) is 4.98. The fourth-order valence-corrected chi connectivity index (χ4v) is 1.30. The maximum atomic E-state index is 11.4. The van der Waals surface area contributed by atoms with Crippen molar-refractivity contribution >= 4 is 11.7 Å². The van der Waals surface area contributed by atoms with E-state index in [4.69, 9.17) is 5.11 Å². The van der Waals surface area contributed by atoms with Gasteiger partial charge in [0.15, 0.2) is 5.82 Å². The summed E-state index contributed by atoms with van der Waals surface area (Å²) in [6, 6.07) is 1.84. The molecule has 1 amide bonds. The van der Waals surface area contributed by atoms with Gasteiger partial charge in [-0.25, -0.2) is 0 Å². The lowest BCUT2D eigenvalue weighted by Crippen LogP contribution is -2.11. The van der Waals surface area contributed by atoms with E-state index in [0.29, 0.717) is 31.0 Å². The maximum absolute atomic E-state index is 11.4. The summed E-state index contributed by atoms with van der Waals surface area (Å²) in [6.07, 6.45) is 1.78. The third-order valence-corrected chi connectivity index (χ3v) is 2.30. The van der Waals surface area contributed by atoms with E-state index in [2.05, 4.69) is 29.4 Å². The second kappa shape index (κ2) is 6.27. The van der Waals surface area contributed by atoms with Crippen LogP contribution in [0.5, 0.6) is 0 Å². The number of anilines is 1. The highest BCUT2D eigenvalue weighted by molar-refractivity contribution is 5.89. The molecular formula is C11H19N3O2. The number of carbonyl (C=O) groups is 1. The molecule has 1 rings (SSSR count). The minimum absolute atomic E-state index is 0.0599. The van der Waals surface area contributed by atoms with Gasteiger partial charge in [-0.15, -0.1) is 0 Å². The molecule has 0 saturated carbocycles. The van der Waals surface area contributed by atoms with Crippen LogP contribution in [0.25, 0.3) is 0 Å². The molecule has 5 nitrogen and oxygen atoms in total. The monoisotopic (exact) mass is 225 g/mol. The van der Waals surface area contributed by atoms with E-state index in [1.807, 2.05) is 6.07 Å². The van der Waals surface area contributed by atoms with E-state index in [1.165, 1.54) is 0 Å². The van der Waals surface area contributed by atoms with E-state index in [-0.39, 0.29) is 12.5 Å². The van der Waals surface area contributed by atoms with E-state index >= 15 is 0 Å². The van der Waals surface area contributed by atoms with Crippen molar-refractivity contribution in [2.75, 3.05) is 11.9 Å². The Bertz CT molecular complexity index is 334. The Morgan fingerprint density at radius 1 is 1.56 bits per heavy atom. The minimum Gasteiger partial charge on any atom is -0.396 e. The molecule has 0 bridgehead atoms. The number of aliphatic hydroxyl groups is 1. The molecule has 0 unspecified atom stereocenters. The number of rotatable bonds is 6. The van der Waals surface area contributed by atoms with Crippen molar-refractivity contribution in [1.29, 1.82) is 0 Å². The summed E-state index contributed by atoms with van der Waals surface area (Å²) in [5.74, 6) is 0.875. The molecule has 3 N–H and O–H groups in total. The summed E-state index contributed by atoms with van der Waals surface area (Å²) in [7, 11) is 0. The summed E-state index contributed by atoms with van der Waals surface area (Å²) in [5.41, 5.74) is 1.01. The van der Waals surface area contributed by atoms with Gasteiger partial charge in [0, 0.05) is 24.8 Å². The first-order chi connectivity index (χ1) is 7.63. The third kappa shape index (κ3) is 4.02. The van der Waals surface area contributed by atoms with Gasteiger partial charge in [-0.3, -0.25) is 9.89 Å². The minimum atomic E-state index is -0.0599. The number of hydrogen-bond donors (Lipinski definition) is 3. The number of unbranched alkanes of at least 4 members (excludes halogenated alkanes) is 1. The largest absolute Gasteiger partial charge is 0.396 e. The Morgan fingerprint density at radius 3 is 2.88 bits per heavy atom. The van der Waals surface area contributed by atoms with E-state index < -0.39 is 0 Å². The highest BCUT2D eigenvalue weighted by Gasteiger charge is 2.07. The lowest BCUT2D eigenvalue weighted by Gasteiger charge is -2.00. The summed E-state index contributed by atoms with van der Waals surface area (Å²) < 4.78 is 0. The third-order valence-electron chi connectivity index (χ3n) is 2.30. The van der Waals surface area contributed by atoms with E-state index in [0.717, 1.165) is 5.69 Å². The number of aromatic nitrogens is 2. The van der Waals surface area contributed by atoms with Crippen LogP contribution in [0.3, 0.4) is 0 Å². The van der Waals surface area contributed by atoms with Crippen molar-refractivity contribution in [2.24, 2.45) is 0 Å². The van der Waals surface area contributed by atoms with Crippen LogP contribution in [-0.2, 0) is 4.79 Å². The van der Waals surface area contributed by atoms with Crippen molar-refractivity contribution in [3.05, 3.63) is 11.8 Å². The predicted molar refractivity (Wildman–Crippen MR) is 62.2 cm³/mol. The molecule has 0 saturated heterocycles. The van der Waals surface area contributed by atoms with Crippen LogP contribution >= 0.6 is 0 Å². The number of H-pyrrole nitrogens is 1. The Labute approximate surface area is 95.3 Å². The van der Waals surface area contributed by atoms with Gasteiger partial charge in [-0.2, -0.15) is 5.10 Å². The fourth-order valence-electron chi connectivity index (χ4n) is 1.30. The van der Waals surface area contributed by atoms with Crippen molar-refractivity contribution in [1.82, 2.24) is 10.2 Å². The maximum Gasteiger partial charge on any atom is 0.225 e. The fraction of sp³-hybridized carbons (Fsp3) is 0.636. The highest BCUT2D eigenvalue weighted by atomic mass is 16.2. The van der Waals surface area contributed by atoms with Crippen molar-refractivity contribution < 1.29 is 9.90 Å². The number of nitrogens with one attached hydrogen (secondary N) is 2. The molecule has 16 heavy (non-hydrogen) atoms. The number of carbonyl (C=O) groups excluding carboxylic acids is 1. The van der Waals surface area contributed by atoms with E-state index in [9.17, 15) is 4.79 Å². The average molecular weight is 225 g/mol. The molecule has 0 radical (unpaired) electrons. The molecule has 0 aliphatic carbocycles. The number of amides is 1. The molecule has 0 spiro atoms. The van der Waals surface area contributed by atoms with Gasteiger partial charge in [0.1, 0.15) is 0 Å². The molecule has 0 aliphatic rings. The normalized spacial score (nSPS) is 10.8. The second-order valence-corrected chi connectivity index (χ2v) is 4.09. The molecule has 0 atom stereocenters. The standard InChI is InChI=1S/C11H19N3O2/c1-8(2)9-7-10(14-13-9)12-11(16)5-3-4-6-15/h7-8,15H,3-6H2,1-2H3,(H2,12,13,14,16). The van der Waals surface area contributed by atoms with Gasteiger partial charge in [-0.05, 0) is 18.8 Å². The van der Waals surface area contributed by atoms with Crippen LogP contribution in [0.1, 0.15) is 44.7 Å². The van der Waals surface area contributed by atoms with Crippen LogP contribution in [0, 0.1) is 0 Å². The summed E-state index contributed by atoms with van der Waals surface area (Å²) in [6.45, 7) is 4.24. The molecule has 0 fully saturated rings. The predicted octanol–water partition coefficient (Wildman–Crippen LogP) is 1.63. The zero-order valence-corrected chi connectivity index (χ0v) is 9.79. The molecule has 1 heterocycles. The first-order valence-corrected chi connectivity index (χ1v) is 5.59. The van der Waals surface area contributed by atoms with Gasteiger partial charge in [0.25, 0.3) is 0 Å². The van der Waals surface area contributed by atoms with Crippen LogP contribution in [0.15, 0.2) is 6.07 Å². The molecule has 5 heteroatoms. The van der Waals surface area contributed by atoms with Gasteiger partial charge in [0.05, 0.1) is 0 Å². The lowest BCUT2D eigenvalue weighted by atomic mass is 10.1. The Balaban J connectivity index is 2.37. The summed E-state index contributed by atoms with van der Waals surface area (Å²) >= 11 is 0. The van der Waals surface area contributed by atoms with Crippen LogP contribution < -0.4 is 5.32 Å². The van der Waals surface area contributed by atoms with Gasteiger partial charge in [-0.1, -0.05) is 13.8 Å². The van der Waals surface area contributed by atoms with Crippen molar-refractivity contribution in [3.8, 4) is 0 Å². The summed E-state index contributed by atoms with van der Waals surface area (Å²) in [5, 5.41) is 18.2. The first-order valence-electron chi connectivity index (χ1n) is 5.59. The van der Waals surface area contributed by atoms with Crippen LogP contribution in [-0.4, -0.2) is 27.8 Å². The Hall–Kier alpha value is -1.36. The topological polar surface area (TPSA) is 78.0 Å². The van der Waals surface area contributed by atoms with Crippen molar-refractivity contribution in [2.45, 2.75) is 39.0 Å². The number of nitrogens with zero attached hydrogens (tertiary/aromatic N) is 1. The first kappa shape index (κ1) is 12.7. The summed E-state index contributed by atoms with van der Waals surface area (Å²) in [4.78, 5) is 11.4. The van der Waals surface area contributed by atoms with Gasteiger partial charge >= 0.3 is 0 Å². The SMILES string of the molecule is CC(C)c1cc(NC(=O)CCCCO)n[nH]1. The molecule has 1 aromatic heterocycles. The molecule has 0 aromatic carbocycles. The number of hydrogen-bond acceptors (Lipinski definition) is 3. The van der Waals surface area contributed by atoms with Crippen LogP contribution in [0.2, 0.25) is 0 Å². The molecule has 0 aliphatic heterocycles. The molecular weight excluding hydrogens is 206 g/mol. The number of aromatic amines is 1. The highest BCUT2D eigenvalue weighted by Crippen LogP contribution is 2.14. The van der Waals surface area contributed by atoms with E-state index in [1.54, 1.807) is 0 Å². The zero-order valence-electron chi connectivity index (χ0n) is 9.79.